The number of aromatic amines is 1. The minimum absolute atomic E-state index is 0.119. The van der Waals surface area contributed by atoms with Crippen LogP contribution in [0.1, 0.15) is 19.3 Å². The van der Waals surface area contributed by atoms with Crippen LogP contribution in [0.3, 0.4) is 0 Å². The molecule has 0 spiro atoms. The maximum absolute atomic E-state index is 12.7. The molecule has 0 radical (unpaired) electrons. The first-order valence-corrected chi connectivity index (χ1v) is 8.26. The summed E-state index contributed by atoms with van der Waals surface area (Å²) in [5, 5.41) is 0.985. The van der Waals surface area contributed by atoms with Gasteiger partial charge in [-0.25, -0.2) is 9.97 Å². The van der Waals surface area contributed by atoms with E-state index in [0.717, 1.165) is 49.3 Å². The number of likely N-dealkylation sites (tertiary alicyclic amines) is 1. The second-order valence-corrected chi connectivity index (χ2v) is 6.13. The molecule has 2 aliphatic rings. The Morgan fingerprint density at radius 3 is 2.96 bits per heavy atom. The lowest BCUT2D eigenvalue weighted by Gasteiger charge is -2.36. The van der Waals surface area contributed by atoms with Gasteiger partial charge in [0.2, 0.25) is 0 Å². The number of nitrogens with one attached hydrogen (secondary N) is 1. The molecule has 2 aromatic heterocycles. The molecule has 2 saturated heterocycles. The number of morpholine rings is 1. The number of H-pyrrole nitrogens is 1. The van der Waals surface area contributed by atoms with Crippen LogP contribution in [0.2, 0.25) is 0 Å². The number of hydrogen-bond acceptors (Lipinski definition) is 5. The SMILES string of the molecule is O=C(C1CN(c2ncnc3[nH]ccc23)CCO1)N1CCCCC1. The number of hydrogen-bond donors (Lipinski definition) is 1. The van der Waals surface area contributed by atoms with Crippen molar-refractivity contribution in [2.45, 2.75) is 25.4 Å². The zero-order chi connectivity index (χ0) is 15.6. The van der Waals surface area contributed by atoms with Crippen LogP contribution in [0.25, 0.3) is 11.0 Å². The Morgan fingerprint density at radius 1 is 1.22 bits per heavy atom. The summed E-state index contributed by atoms with van der Waals surface area (Å²) in [6.07, 6.45) is 6.43. The molecule has 0 bridgehead atoms. The molecule has 2 aromatic rings. The topological polar surface area (TPSA) is 74.3 Å². The van der Waals surface area contributed by atoms with E-state index in [2.05, 4.69) is 19.9 Å². The fourth-order valence-corrected chi connectivity index (χ4v) is 3.42. The Morgan fingerprint density at radius 2 is 2.09 bits per heavy atom. The minimum atomic E-state index is -0.397. The molecule has 1 N–H and O–H groups in total. The zero-order valence-corrected chi connectivity index (χ0v) is 13.1. The van der Waals surface area contributed by atoms with Gasteiger partial charge in [0, 0.05) is 25.8 Å². The highest BCUT2D eigenvalue weighted by molar-refractivity contribution is 5.88. The third-order valence-electron chi connectivity index (χ3n) is 4.64. The van der Waals surface area contributed by atoms with Crippen LogP contribution in [0.4, 0.5) is 5.82 Å². The molecule has 1 unspecified atom stereocenters. The van der Waals surface area contributed by atoms with E-state index in [1.165, 1.54) is 6.42 Å². The second-order valence-electron chi connectivity index (χ2n) is 6.13. The Kier molecular flexibility index (Phi) is 3.87. The van der Waals surface area contributed by atoms with E-state index in [1.54, 1.807) is 6.33 Å². The van der Waals surface area contributed by atoms with Gasteiger partial charge in [0.05, 0.1) is 18.5 Å². The molecule has 0 aliphatic carbocycles. The number of rotatable bonds is 2. The first-order valence-electron chi connectivity index (χ1n) is 8.26. The zero-order valence-electron chi connectivity index (χ0n) is 13.1. The molecule has 122 valence electrons. The average Bonchev–Trinajstić information content (AvgIpc) is 3.10. The molecular formula is C16H21N5O2. The summed E-state index contributed by atoms with van der Waals surface area (Å²) in [4.78, 5) is 28.5. The van der Waals surface area contributed by atoms with Crippen molar-refractivity contribution in [3.8, 4) is 0 Å². The fourth-order valence-electron chi connectivity index (χ4n) is 3.42. The summed E-state index contributed by atoms with van der Waals surface area (Å²) >= 11 is 0. The van der Waals surface area contributed by atoms with E-state index in [0.29, 0.717) is 13.2 Å². The number of ether oxygens (including phenoxy) is 1. The Hall–Kier alpha value is -2.15. The minimum Gasteiger partial charge on any atom is -0.365 e. The fraction of sp³-hybridized carbons (Fsp3) is 0.562. The molecule has 7 heteroatoms. The van der Waals surface area contributed by atoms with Gasteiger partial charge in [-0.05, 0) is 25.3 Å². The van der Waals surface area contributed by atoms with E-state index in [-0.39, 0.29) is 5.91 Å². The van der Waals surface area contributed by atoms with Gasteiger partial charge in [0.1, 0.15) is 17.8 Å². The highest BCUT2D eigenvalue weighted by Gasteiger charge is 2.31. The van der Waals surface area contributed by atoms with E-state index in [1.807, 2.05) is 17.2 Å². The molecule has 0 aromatic carbocycles. The van der Waals surface area contributed by atoms with Crippen LogP contribution in [0.15, 0.2) is 18.6 Å². The van der Waals surface area contributed by atoms with Crippen molar-refractivity contribution >= 4 is 22.8 Å². The third-order valence-corrected chi connectivity index (χ3v) is 4.64. The quantitative estimate of drug-likeness (QED) is 0.900. The maximum Gasteiger partial charge on any atom is 0.253 e. The largest absolute Gasteiger partial charge is 0.365 e. The van der Waals surface area contributed by atoms with Gasteiger partial charge in [-0.2, -0.15) is 0 Å². The lowest BCUT2D eigenvalue weighted by Crippen LogP contribution is -2.52. The first-order chi connectivity index (χ1) is 11.3. The number of anilines is 1. The van der Waals surface area contributed by atoms with Crippen LogP contribution < -0.4 is 4.90 Å². The van der Waals surface area contributed by atoms with Crippen molar-refractivity contribution in [2.24, 2.45) is 0 Å². The lowest BCUT2D eigenvalue weighted by atomic mass is 10.1. The standard InChI is InChI=1S/C16H21N5O2/c22-16(20-6-2-1-3-7-20)13-10-21(8-9-23-13)15-12-4-5-17-14(12)18-11-19-15/h4-5,11,13H,1-3,6-10H2,(H,17,18,19). The van der Waals surface area contributed by atoms with Crippen LogP contribution in [0.5, 0.6) is 0 Å². The van der Waals surface area contributed by atoms with Crippen LogP contribution in [0, 0.1) is 0 Å². The molecule has 0 saturated carbocycles. The molecule has 7 nitrogen and oxygen atoms in total. The summed E-state index contributed by atoms with van der Waals surface area (Å²) in [6, 6.07) is 1.97. The Balaban J connectivity index is 1.52. The molecule has 1 amide bonds. The van der Waals surface area contributed by atoms with E-state index in [9.17, 15) is 4.79 Å². The number of nitrogens with zero attached hydrogens (tertiary/aromatic N) is 4. The predicted molar refractivity (Wildman–Crippen MR) is 86.3 cm³/mol. The number of carbonyl (C=O) groups is 1. The molecule has 2 fully saturated rings. The van der Waals surface area contributed by atoms with Gasteiger partial charge in [-0.1, -0.05) is 0 Å². The monoisotopic (exact) mass is 315 g/mol. The molecule has 4 heterocycles. The normalized spacial score (nSPS) is 22.5. The molecular weight excluding hydrogens is 294 g/mol. The van der Waals surface area contributed by atoms with Crippen molar-refractivity contribution in [3.63, 3.8) is 0 Å². The Bertz CT molecular complexity index is 695. The molecule has 23 heavy (non-hydrogen) atoms. The van der Waals surface area contributed by atoms with Gasteiger partial charge in [-0.15, -0.1) is 0 Å². The smallest absolute Gasteiger partial charge is 0.253 e. The second kappa shape index (κ2) is 6.16. The Labute approximate surface area is 134 Å². The summed E-state index contributed by atoms with van der Waals surface area (Å²) < 4.78 is 5.75. The van der Waals surface area contributed by atoms with Crippen molar-refractivity contribution in [2.75, 3.05) is 37.7 Å². The molecule has 2 aliphatic heterocycles. The molecule has 1 atom stereocenters. The third kappa shape index (κ3) is 2.76. The van der Waals surface area contributed by atoms with Crippen LogP contribution in [-0.4, -0.2) is 64.6 Å². The number of fused-ring (bicyclic) bond motifs is 1. The van der Waals surface area contributed by atoms with Gasteiger partial charge in [0.15, 0.2) is 6.10 Å². The first kappa shape index (κ1) is 14.4. The molecule has 4 rings (SSSR count). The highest BCUT2D eigenvalue weighted by atomic mass is 16.5. The highest BCUT2D eigenvalue weighted by Crippen LogP contribution is 2.24. The van der Waals surface area contributed by atoms with E-state index < -0.39 is 6.10 Å². The van der Waals surface area contributed by atoms with Crippen LogP contribution >= 0.6 is 0 Å². The van der Waals surface area contributed by atoms with Crippen molar-refractivity contribution in [3.05, 3.63) is 18.6 Å². The van der Waals surface area contributed by atoms with Crippen molar-refractivity contribution < 1.29 is 9.53 Å². The maximum atomic E-state index is 12.7. The van der Waals surface area contributed by atoms with Gasteiger partial charge in [0.25, 0.3) is 5.91 Å². The van der Waals surface area contributed by atoms with Crippen LogP contribution in [-0.2, 0) is 9.53 Å². The number of amides is 1. The summed E-state index contributed by atoms with van der Waals surface area (Å²) in [5.41, 5.74) is 0.820. The lowest BCUT2D eigenvalue weighted by molar-refractivity contribution is -0.145. The van der Waals surface area contributed by atoms with Gasteiger partial charge >= 0.3 is 0 Å². The summed E-state index contributed by atoms with van der Waals surface area (Å²) in [5.74, 6) is 0.991. The van der Waals surface area contributed by atoms with E-state index >= 15 is 0 Å². The van der Waals surface area contributed by atoms with Crippen molar-refractivity contribution in [1.82, 2.24) is 19.9 Å². The summed E-state index contributed by atoms with van der Waals surface area (Å²) in [7, 11) is 0. The average molecular weight is 315 g/mol. The predicted octanol–water partition coefficient (Wildman–Crippen LogP) is 1.18. The summed E-state index contributed by atoms with van der Waals surface area (Å²) in [6.45, 7) is 3.54. The van der Waals surface area contributed by atoms with Gasteiger partial charge in [-0.3, -0.25) is 4.79 Å². The number of carbonyl (C=O) groups excluding carboxylic acids is 1. The van der Waals surface area contributed by atoms with Gasteiger partial charge < -0.3 is 19.5 Å². The number of piperidine rings is 1. The van der Waals surface area contributed by atoms with E-state index in [4.69, 9.17) is 4.74 Å². The van der Waals surface area contributed by atoms with Crippen molar-refractivity contribution in [1.29, 1.82) is 0 Å². The number of aromatic nitrogens is 3.